The van der Waals surface area contributed by atoms with Crippen molar-refractivity contribution in [2.45, 2.75) is 45.4 Å². The average molecular weight is 258 g/mol. The quantitative estimate of drug-likeness (QED) is 0.371. The van der Waals surface area contributed by atoms with Crippen molar-refractivity contribution in [3.05, 3.63) is 0 Å². The second kappa shape index (κ2) is 9.14. The van der Waals surface area contributed by atoms with Crippen molar-refractivity contribution in [3.63, 3.8) is 0 Å². The number of carbonyl (C=O) groups is 2. The van der Waals surface area contributed by atoms with Gasteiger partial charge in [-0.1, -0.05) is 26.2 Å². The predicted octanol–water partition coefficient (Wildman–Crippen LogP) is -6.53. The fraction of sp³-hybridized carbons (Fsp3) is 0.818. The van der Waals surface area contributed by atoms with Crippen LogP contribution in [-0.2, 0) is 9.59 Å². The number of hydrogen-bond acceptors (Lipinski definition) is 4. The molecule has 1 aliphatic rings. The zero-order valence-corrected chi connectivity index (χ0v) is 14.1. The van der Waals surface area contributed by atoms with Crippen LogP contribution in [0.15, 0.2) is 0 Å². The van der Waals surface area contributed by atoms with Crippen LogP contribution in [0.5, 0.6) is 0 Å². The Balaban J connectivity index is 0. The number of carbonyl (C=O) groups excluding carboxylic acids is 2. The Morgan fingerprint density at radius 2 is 1.53 bits per heavy atom. The molecule has 0 aromatic carbocycles. The number of rotatable bonds is 4. The molecule has 0 aromatic rings. The maximum Gasteiger partial charge on any atom is 1.00 e. The molecule has 0 N–H and O–H groups in total. The first-order valence-corrected chi connectivity index (χ1v) is 5.48. The van der Waals surface area contributed by atoms with Crippen LogP contribution in [0.25, 0.3) is 0 Å². The zero-order valence-electron chi connectivity index (χ0n) is 11.0. The third kappa shape index (κ3) is 4.34. The standard InChI is InChI=1S/C11H18O4.K.Li/c1-2-11(9(12)13,10(14)15)8-6-4-3-5-7-8;;/h8H,2-7H2,1H3,(H,12,13)(H,14,15);;/q;2*+1/p-2. The van der Waals surface area contributed by atoms with Gasteiger partial charge >= 0.3 is 70.2 Å². The summed E-state index contributed by atoms with van der Waals surface area (Å²) < 4.78 is 0. The normalized spacial score (nSPS) is 16.5. The smallest absolute Gasteiger partial charge is 0.549 e. The maximum absolute atomic E-state index is 11.1. The van der Waals surface area contributed by atoms with Crippen molar-refractivity contribution in [1.29, 1.82) is 0 Å². The third-order valence-electron chi connectivity index (χ3n) is 3.59. The summed E-state index contributed by atoms with van der Waals surface area (Å²) in [6.45, 7) is 1.57. The number of carboxylic acids is 2. The largest absolute Gasteiger partial charge is 1.00 e. The van der Waals surface area contributed by atoms with E-state index in [0.29, 0.717) is 12.8 Å². The fourth-order valence-electron chi connectivity index (χ4n) is 2.59. The molecule has 0 radical (unpaired) electrons. The zero-order chi connectivity index (χ0) is 11.5. The Morgan fingerprint density at radius 3 is 1.82 bits per heavy atom. The molecule has 4 nitrogen and oxygen atoms in total. The Hall–Kier alpha value is 1.17. The molecule has 1 fully saturated rings. The van der Waals surface area contributed by atoms with Gasteiger partial charge in [-0.25, -0.2) is 0 Å². The summed E-state index contributed by atoms with van der Waals surface area (Å²) in [4.78, 5) is 22.1. The molecule has 0 aliphatic heterocycles. The van der Waals surface area contributed by atoms with Crippen molar-refractivity contribution >= 4 is 11.9 Å². The minimum absolute atomic E-state index is 0. The van der Waals surface area contributed by atoms with Crippen LogP contribution >= 0.6 is 0 Å². The molecular weight excluding hydrogens is 242 g/mol. The molecule has 0 bridgehead atoms. The molecule has 0 unspecified atom stereocenters. The summed E-state index contributed by atoms with van der Waals surface area (Å²) in [7, 11) is 0. The van der Waals surface area contributed by atoms with Gasteiger partial charge in [0.2, 0.25) is 0 Å². The molecule has 0 amide bonds. The fourth-order valence-corrected chi connectivity index (χ4v) is 2.59. The van der Waals surface area contributed by atoms with Gasteiger partial charge in [-0.3, -0.25) is 0 Å². The summed E-state index contributed by atoms with van der Waals surface area (Å²) in [5.41, 5.74) is -1.78. The summed E-state index contributed by atoms with van der Waals surface area (Å²) in [5.74, 6) is -3.31. The second-order valence-electron chi connectivity index (χ2n) is 4.23. The van der Waals surface area contributed by atoms with E-state index in [1.165, 1.54) is 0 Å². The monoisotopic (exact) mass is 258 g/mol. The summed E-state index contributed by atoms with van der Waals surface area (Å²) in [6, 6.07) is 0. The summed E-state index contributed by atoms with van der Waals surface area (Å²) >= 11 is 0. The number of aliphatic carboxylic acids is 2. The van der Waals surface area contributed by atoms with Crippen molar-refractivity contribution in [3.8, 4) is 0 Å². The molecule has 1 aliphatic carbocycles. The minimum atomic E-state index is -1.78. The first kappa shape index (κ1) is 20.5. The molecule has 0 saturated heterocycles. The van der Waals surface area contributed by atoms with Crippen LogP contribution in [0, 0.1) is 11.3 Å². The Morgan fingerprint density at radius 1 is 1.12 bits per heavy atom. The van der Waals surface area contributed by atoms with E-state index in [0.717, 1.165) is 19.3 Å². The molecule has 0 heterocycles. The van der Waals surface area contributed by atoms with Crippen LogP contribution in [0.2, 0.25) is 0 Å². The predicted molar refractivity (Wildman–Crippen MR) is 49.3 cm³/mol. The van der Waals surface area contributed by atoms with Crippen LogP contribution in [0.3, 0.4) is 0 Å². The average Bonchev–Trinajstić information content (AvgIpc) is 2.20. The number of carboxylic acid groups (broad SMARTS) is 2. The minimum Gasteiger partial charge on any atom is -0.549 e. The first-order chi connectivity index (χ1) is 7.05. The van der Waals surface area contributed by atoms with Crippen LogP contribution in [-0.4, -0.2) is 11.9 Å². The Labute approximate surface area is 157 Å². The molecule has 0 atom stereocenters. The van der Waals surface area contributed by atoms with E-state index < -0.39 is 17.4 Å². The molecule has 86 valence electrons. The Kier molecular flexibility index (Phi) is 11.0. The van der Waals surface area contributed by atoms with Gasteiger partial charge in [0.25, 0.3) is 0 Å². The molecule has 6 heteroatoms. The maximum atomic E-state index is 11.1. The summed E-state index contributed by atoms with van der Waals surface area (Å²) in [6.07, 6.45) is 4.18. The SMILES string of the molecule is CCC(C(=O)[O-])(C(=O)[O-])C1CCCCC1.[K+].[Li+]. The molecule has 0 spiro atoms. The van der Waals surface area contributed by atoms with Crippen LogP contribution < -0.4 is 80.5 Å². The van der Waals surface area contributed by atoms with E-state index in [9.17, 15) is 19.8 Å². The third-order valence-corrected chi connectivity index (χ3v) is 3.59. The van der Waals surface area contributed by atoms with Gasteiger partial charge in [0.1, 0.15) is 0 Å². The molecular formula is C11H16KLiO4. The van der Waals surface area contributed by atoms with E-state index in [4.69, 9.17) is 0 Å². The van der Waals surface area contributed by atoms with E-state index in [-0.39, 0.29) is 82.6 Å². The van der Waals surface area contributed by atoms with Gasteiger partial charge in [0.05, 0.1) is 17.4 Å². The van der Waals surface area contributed by atoms with Crippen molar-refractivity contribution in [2.75, 3.05) is 0 Å². The van der Waals surface area contributed by atoms with E-state index in [1.54, 1.807) is 6.92 Å². The van der Waals surface area contributed by atoms with Gasteiger partial charge in [0, 0.05) is 0 Å². The molecule has 17 heavy (non-hydrogen) atoms. The van der Waals surface area contributed by atoms with E-state index >= 15 is 0 Å². The van der Waals surface area contributed by atoms with Crippen molar-refractivity contribution in [2.24, 2.45) is 11.3 Å². The van der Waals surface area contributed by atoms with E-state index in [2.05, 4.69) is 0 Å². The number of hydrogen-bond donors (Lipinski definition) is 0. The summed E-state index contributed by atoms with van der Waals surface area (Å²) in [5, 5.41) is 22.1. The molecule has 1 rings (SSSR count). The molecule has 0 aromatic heterocycles. The van der Waals surface area contributed by atoms with Gasteiger partial charge < -0.3 is 19.8 Å². The van der Waals surface area contributed by atoms with Crippen LogP contribution in [0.1, 0.15) is 45.4 Å². The van der Waals surface area contributed by atoms with Gasteiger partial charge in [-0.15, -0.1) is 0 Å². The van der Waals surface area contributed by atoms with Crippen molar-refractivity contribution in [1.82, 2.24) is 0 Å². The van der Waals surface area contributed by atoms with Gasteiger partial charge in [0.15, 0.2) is 0 Å². The van der Waals surface area contributed by atoms with Crippen molar-refractivity contribution < 1.29 is 90.0 Å². The van der Waals surface area contributed by atoms with Gasteiger partial charge in [-0.2, -0.15) is 0 Å². The molecule has 1 saturated carbocycles. The first-order valence-electron chi connectivity index (χ1n) is 5.48. The Bertz CT molecular complexity index is 250. The van der Waals surface area contributed by atoms with Gasteiger partial charge in [-0.05, 0) is 25.2 Å². The van der Waals surface area contributed by atoms with Crippen LogP contribution in [0.4, 0.5) is 0 Å². The second-order valence-corrected chi connectivity index (χ2v) is 4.23. The topological polar surface area (TPSA) is 80.3 Å². The van der Waals surface area contributed by atoms with E-state index in [1.807, 2.05) is 0 Å².